The number of hydrogen-bond donors (Lipinski definition) is 2. The van der Waals surface area contributed by atoms with Crippen LogP contribution in [0.25, 0.3) is 0 Å². The fourth-order valence-electron chi connectivity index (χ4n) is 1.53. The summed E-state index contributed by atoms with van der Waals surface area (Å²) in [5, 5.41) is 12.9. The maximum absolute atomic E-state index is 9.61. The smallest absolute Gasteiger partial charge is 0.0900 e. The van der Waals surface area contributed by atoms with Gasteiger partial charge in [0.1, 0.15) is 0 Å². The summed E-state index contributed by atoms with van der Waals surface area (Å²) in [4.78, 5) is 2.25. The van der Waals surface area contributed by atoms with Crippen LogP contribution in [0.15, 0.2) is 12.7 Å². The van der Waals surface area contributed by atoms with Crippen LogP contribution in [0.2, 0.25) is 0 Å². The fourth-order valence-corrected chi connectivity index (χ4v) is 1.53. The van der Waals surface area contributed by atoms with E-state index in [1.165, 1.54) is 0 Å². The number of aliphatic hydroxyl groups is 1. The van der Waals surface area contributed by atoms with Crippen molar-refractivity contribution < 1.29 is 9.84 Å². The first-order valence-corrected chi connectivity index (χ1v) is 5.12. The molecule has 1 aliphatic heterocycles. The van der Waals surface area contributed by atoms with E-state index in [2.05, 4.69) is 16.8 Å². The van der Waals surface area contributed by atoms with Crippen LogP contribution in [0.1, 0.15) is 0 Å². The van der Waals surface area contributed by atoms with E-state index >= 15 is 0 Å². The van der Waals surface area contributed by atoms with Gasteiger partial charge in [0.25, 0.3) is 0 Å². The largest absolute Gasteiger partial charge is 0.389 e. The molecule has 1 rings (SSSR count). The first-order valence-electron chi connectivity index (χ1n) is 5.12. The second-order valence-corrected chi connectivity index (χ2v) is 3.53. The molecule has 0 aromatic carbocycles. The lowest BCUT2D eigenvalue weighted by molar-refractivity contribution is 0.0241. The molecule has 2 N–H and O–H groups in total. The minimum Gasteiger partial charge on any atom is -0.389 e. The van der Waals surface area contributed by atoms with Crippen molar-refractivity contribution in [2.75, 3.05) is 45.9 Å². The third kappa shape index (κ3) is 4.72. The van der Waals surface area contributed by atoms with E-state index in [1.807, 2.05) is 0 Å². The minimum atomic E-state index is -0.381. The molecule has 14 heavy (non-hydrogen) atoms. The van der Waals surface area contributed by atoms with Gasteiger partial charge in [-0.2, -0.15) is 0 Å². The molecule has 0 amide bonds. The molecule has 0 aromatic rings. The predicted octanol–water partition coefficient (Wildman–Crippen LogP) is -0.545. The standard InChI is InChI=1S/C10H20N2O2/c1-2-7-14-9-10(13)8-12-5-3-11-4-6-12/h2,10-11,13H,1,3-9H2. The van der Waals surface area contributed by atoms with Crippen molar-refractivity contribution in [3.05, 3.63) is 12.7 Å². The Labute approximate surface area is 85.5 Å². The van der Waals surface area contributed by atoms with Gasteiger partial charge >= 0.3 is 0 Å². The van der Waals surface area contributed by atoms with Crippen molar-refractivity contribution >= 4 is 0 Å². The van der Waals surface area contributed by atoms with Crippen molar-refractivity contribution in [3.63, 3.8) is 0 Å². The van der Waals surface area contributed by atoms with Gasteiger partial charge in [-0.25, -0.2) is 0 Å². The molecular formula is C10H20N2O2. The highest BCUT2D eigenvalue weighted by Crippen LogP contribution is 1.96. The average Bonchev–Trinajstić information content (AvgIpc) is 2.20. The van der Waals surface area contributed by atoms with Gasteiger partial charge in [0.2, 0.25) is 0 Å². The first kappa shape index (κ1) is 11.7. The SMILES string of the molecule is C=CCOCC(O)CN1CCNCC1. The molecule has 82 valence electrons. The lowest BCUT2D eigenvalue weighted by atomic mass is 10.3. The van der Waals surface area contributed by atoms with Crippen molar-refractivity contribution in [2.45, 2.75) is 6.10 Å². The number of nitrogens with one attached hydrogen (secondary N) is 1. The van der Waals surface area contributed by atoms with Crippen molar-refractivity contribution in [2.24, 2.45) is 0 Å². The molecule has 1 aliphatic rings. The number of ether oxygens (including phenoxy) is 1. The number of rotatable bonds is 6. The summed E-state index contributed by atoms with van der Waals surface area (Å²) >= 11 is 0. The molecule has 1 atom stereocenters. The van der Waals surface area contributed by atoms with Gasteiger partial charge in [0, 0.05) is 32.7 Å². The van der Waals surface area contributed by atoms with Crippen molar-refractivity contribution in [1.29, 1.82) is 0 Å². The number of nitrogens with zero attached hydrogens (tertiary/aromatic N) is 1. The molecular weight excluding hydrogens is 180 g/mol. The Bertz CT molecular complexity index is 158. The summed E-state index contributed by atoms with van der Waals surface area (Å²) in [6.45, 7) is 9.22. The normalized spacial score (nSPS) is 20.6. The zero-order chi connectivity index (χ0) is 10.2. The van der Waals surface area contributed by atoms with Crippen LogP contribution in [-0.4, -0.2) is 62.0 Å². The molecule has 1 fully saturated rings. The Morgan fingerprint density at radius 1 is 1.50 bits per heavy atom. The van der Waals surface area contributed by atoms with E-state index in [0.717, 1.165) is 26.2 Å². The summed E-state index contributed by atoms with van der Waals surface area (Å²) in [5.74, 6) is 0. The van der Waals surface area contributed by atoms with Crippen molar-refractivity contribution in [1.82, 2.24) is 10.2 Å². The summed E-state index contributed by atoms with van der Waals surface area (Å²) in [6, 6.07) is 0. The molecule has 0 aliphatic carbocycles. The highest BCUT2D eigenvalue weighted by Gasteiger charge is 2.13. The monoisotopic (exact) mass is 200 g/mol. The van der Waals surface area contributed by atoms with Crippen molar-refractivity contribution in [3.8, 4) is 0 Å². The average molecular weight is 200 g/mol. The molecule has 0 bridgehead atoms. The number of β-amino-alcohol motifs (C(OH)–C–C–N with tert-alkyl or cyclic N) is 1. The van der Waals surface area contributed by atoms with Crippen LogP contribution >= 0.6 is 0 Å². The lowest BCUT2D eigenvalue weighted by Crippen LogP contribution is -2.47. The fraction of sp³-hybridized carbons (Fsp3) is 0.800. The predicted molar refractivity (Wildman–Crippen MR) is 56.3 cm³/mol. The highest BCUT2D eigenvalue weighted by molar-refractivity contribution is 4.71. The topological polar surface area (TPSA) is 44.7 Å². The zero-order valence-corrected chi connectivity index (χ0v) is 8.61. The van der Waals surface area contributed by atoms with Gasteiger partial charge < -0.3 is 15.2 Å². The number of piperazine rings is 1. The van der Waals surface area contributed by atoms with Gasteiger partial charge in [0.05, 0.1) is 19.3 Å². The van der Waals surface area contributed by atoms with Crippen LogP contribution in [-0.2, 0) is 4.74 Å². The Hall–Kier alpha value is -0.420. The third-order valence-corrected chi connectivity index (χ3v) is 2.22. The van der Waals surface area contributed by atoms with Gasteiger partial charge in [-0.15, -0.1) is 6.58 Å². The minimum absolute atomic E-state index is 0.381. The maximum atomic E-state index is 9.61. The Morgan fingerprint density at radius 3 is 2.86 bits per heavy atom. The van der Waals surface area contributed by atoms with Crippen LogP contribution in [0, 0.1) is 0 Å². The highest BCUT2D eigenvalue weighted by atomic mass is 16.5. The van der Waals surface area contributed by atoms with E-state index in [9.17, 15) is 5.11 Å². The van der Waals surface area contributed by atoms with E-state index < -0.39 is 0 Å². The molecule has 1 heterocycles. The number of aliphatic hydroxyl groups excluding tert-OH is 1. The Balaban J connectivity index is 2.05. The summed E-state index contributed by atoms with van der Waals surface area (Å²) in [7, 11) is 0. The second kappa shape index (κ2) is 6.95. The van der Waals surface area contributed by atoms with Crippen LogP contribution in [0.4, 0.5) is 0 Å². The van der Waals surface area contributed by atoms with Gasteiger partial charge in [0.15, 0.2) is 0 Å². The summed E-state index contributed by atoms with van der Waals surface area (Å²) in [6.07, 6.45) is 1.31. The zero-order valence-electron chi connectivity index (χ0n) is 8.61. The van der Waals surface area contributed by atoms with Gasteiger partial charge in [-0.1, -0.05) is 6.08 Å². The summed E-state index contributed by atoms with van der Waals surface area (Å²) < 4.78 is 5.18. The molecule has 4 heteroatoms. The van der Waals surface area contributed by atoms with Gasteiger partial charge in [-0.3, -0.25) is 4.90 Å². The van der Waals surface area contributed by atoms with Crippen LogP contribution in [0.5, 0.6) is 0 Å². The third-order valence-electron chi connectivity index (χ3n) is 2.22. The van der Waals surface area contributed by atoms with Gasteiger partial charge in [-0.05, 0) is 0 Å². The van der Waals surface area contributed by atoms with E-state index in [0.29, 0.717) is 19.8 Å². The summed E-state index contributed by atoms with van der Waals surface area (Å²) in [5.41, 5.74) is 0. The molecule has 4 nitrogen and oxygen atoms in total. The Kier molecular flexibility index (Phi) is 5.78. The lowest BCUT2D eigenvalue weighted by Gasteiger charge is -2.28. The molecule has 0 spiro atoms. The quantitative estimate of drug-likeness (QED) is 0.446. The molecule has 1 unspecified atom stereocenters. The molecule has 0 saturated carbocycles. The molecule has 0 aromatic heterocycles. The molecule has 1 saturated heterocycles. The van der Waals surface area contributed by atoms with E-state index in [4.69, 9.17) is 4.74 Å². The van der Waals surface area contributed by atoms with E-state index in [1.54, 1.807) is 6.08 Å². The maximum Gasteiger partial charge on any atom is 0.0900 e. The Morgan fingerprint density at radius 2 is 2.21 bits per heavy atom. The second-order valence-electron chi connectivity index (χ2n) is 3.53. The van der Waals surface area contributed by atoms with Crippen LogP contribution < -0.4 is 5.32 Å². The first-order chi connectivity index (χ1) is 6.83. The van der Waals surface area contributed by atoms with Crippen LogP contribution in [0.3, 0.4) is 0 Å². The van der Waals surface area contributed by atoms with E-state index in [-0.39, 0.29) is 6.10 Å². The molecule has 0 radical (unpaired) electrons. The number of hydrogen-bond acceptors (Lipinski definition) is 4.